The molecule has 0 amide bonds. The molecule has 1 heterocycles. The fourth-order valence-electron chi connectivity index (χ4n) is 1.62. The number of aliphatic hydroxyl groups is 1. The van der Waals surface area contributed by atoms with Crippen LogP contribution in [-0.2, 0) is 6.54 Å². The predicted octanol–water partition coefficient (Wildman–Crippen LogP) is 1.93. The maximum absolute atomic E-state index is 12.1. The van der Waals surface area contributed by atoms with Gasteiger partial charge in [-0.05, 0) is 24.6 Å². The molecule has 0 spiro atoms. The Balaban J connectivity index is 2.51. The van der Waals surface area contributed by atoms with E-state index in [0.717, 1.165) is 4.47 Å². The molecule has 5 heteroatoms. The third-order valence-electron chi connectivity index (χ3n) is 2.67. The fraction of sp³-hybridized carbons (Fsp3) is 0.333. The van der Waals surface area contributed by atoms with Crippen molar-refractivity contribution in [3.63, 3.8) is 0 Å². The molecule has 0 saturated heterocycles. The van der Waals surface area contributed by atoms with E-state index in [4.69, 9.17) is 0 Å². The van der Waals surface area contributed by atoms with Gasteiger partial charge in [-0.25, -0.2) is 4.98 Å². The van der Waals surface area contributed by atoms with Gasteiger partial charge in [0.2, 0.25) is 0 Å². The van der Waals surface area contributed by atoms with Crippen LogP contribution in [0.15, 0.2) is 33.8 Å². The van der Waals surface area contributed by atoms with E-state index in [0.29, 0.717) is 17.3 Å². The third-order valence-corrected chi connectivity index (χ3v) is 3.16. The molecule has 90 valence electrons. The van der Waals surface area contributed by atoms with Crippen LogP contribution in [0.1, 0.15) is 13.3 Å². The monoisotopic (exact) mass is 296 g/mol. The predicted molar refractivity (Wildman–Crippen MR) is 70.0 cm³/mol. The maximum Gasteiger partial charge on any atom is 0.261 e. The number of fused-ring (bicyclic) bond motifs is 1. The van der Waals surface area contributed by atoms with Crippen LogP contribution in [0, 0.1) is 0 Å². The summed E-state index contributed by atoms with van der Waals surface area (Å²) in [7, 11) is 0. The average molecular weight is 297 g/mol. The number of benzene rings is 1. The van der Waals surface area contributed by atoms with E-state index in [1.807, 2.05) is 13.0 Å². The molecule has 1 aromatic heterocycles. The summed E-state index contributed by atoms with van der Waals surface area (Å²) in [6.45, 7) is 2.16. The lowest BCUT2D eigenvalue weighted by Crippen LogP contribution is -2.26. The van der Waals surface area contributed by atoms with Gasteiger partial charge in [-0.3, -0.25) is 9.36 Å². The number of hydrogen-bond acceptors (Lipinski definition) is 3. The molecule has 1 atom stereocenters. The first kappa shape index (κ1) is 12.3. The second-order valence-electron chi connectivity index (χ2n) is 3.93. The molecule has 0 aliphatic rings. The molecule has 1 N–H and O–H groups in total. The minimum Gasteiger partial charge on any atom is -0.391 e. The van der Waals surface area contributed by atoms with Crippen LogP contribution in [0.5, 0.6) is 0 Å². The van der Waals surface area contributed by atoms with Gasteiger partial charge < -0.3 is 5.11 Å². The zero-order valence-corrected chi connectivity index (χ0v) is 11.0. The molecule has 0 saturated carbocycles. The lowest BCUT2D eigenvalue weighted by Gasteiger charge is -2.10. The van der Waals surface area contributed by atoms with Crippen molar-refractivity contribution < 1.29 is 5.11 Å². The highest BCUT2D eigenvalue weighted by Gasteiger charge is 2.07. The Bertz CT molecular complexity index is 595. The number of rotatable bonds is 3. The highest BCUT2D eigenvalue weighted by Crippen LogP contribution is 2.14. The Morgan fingerprint density at radius 3 is 3.00 bits per heavy atom. The van der Waals surface area contributed by atoms with Crippen LogP contribution >= 0.6 is 15.9 Å². The second-order valence-corrected chi connectivity index (χ2v) is 4.84. The average Bonchev–Trinajstić information content (AvgIpc) is 2.32. The van der Waals surface area contributed by atoms with Crippen LogP contribution in [0.2, 0.25) is 0 Å². The first-order valence-electron chi connectivity index (χ1n) is 5.44. The smallest absolute Gasteiger partial charge is 0.261 e. The topological polar surface area (TPSA) is 55.1 Å². The van der Waals surface area contributed by atoms with Gasteiger partial charge in [0.25, 0.3) is 5.56 Å². The molecule has 0 aliphatic heterocycles. The van der Waals surface area contributed by atoms with E-state index in [-0.39, 0.29) is 12.1 Å². The van der Waals surface area contributed by atoms with Gasteiger partial charge in [-0.2, -0.15) is 0 Å². The van der Waals surface area contributed by atoms with Crippen molar-refractivity contribution in [2.75, 3.05) is 0 Å². The molecule has 4 nitrogen and oxygen atoms in total. The van der Waals surface area contributed by atoms with E-state index in [2.05, 4.69) is 20.9 Å². The molecular formula is C12H13BrN2O2. The first-order chi connectivity index (χ1) is 8.11. The molecule has 0 radical (unpaired) electrons. The minimum absolute atomic E-state index is 0.116. The zero-order valence-electron chi connectivity index (χ0n) is 9.43. The van der Waals surface area contributed by atoms with E-state index in [1.165, 1.54) is 10.9 Å². The van der Waals surface area contributed by atoms with Crippen molar-refractivity contribution >= 4 is 26.8 Å². The van der Waals surface area contributed by atoms with E-state index in [9.17, 15) is 9.90 Å². The number of hydrogen-bond donors (Lipinski definition) is 1. The molecule has 0 unspecified atom stereocenters. The van der Waals surface area contributed by atoms with Crippen LogP contribution < -0.4 is 5.56 Å². The van der Waals surface area contributed by atoms with Crippen LogP contribution in [0.4, 0.5) is 0 Å². The van der Waals surface area contributed by atoms with Gasteiger partial charge in [-0.15, -0.1) is 0 Å². The zero-order chi connectivity index (χ0) is 12.4. The number of halogens is 1. The van der Waals surface area contributed by atoms with Crippen LogP contribution in [-0.4, -0.2) is 20.8 Å². The molecule has 0 bridgehead atoms. The van der Waals surface area contributed by atoms with Gasteiger partial charge in [-0.1, -0.05) is 22.9 Å². The third kappa shape index (κ3) is 2.56. The van der Waals surface area contributed by atoms with Crippen molar-refractivity contribution in [3.8, 4) is 0 Å². The standard InChI is InChI=1S/C12H13BrN2O2/c1-2-9(16)6-15-7-14-11-5-8(13)3-4-10(11)12(15)17/h3-5,7,9,16H,2,6H2,1H3/t9-/m1/s1. The summed E-state index contributed by atoms with van der Waals surface area (Å²) in [5, 5.41) is 10.1. The van der Waals surface area contributed by atoms with E-state index < -0.39 is 6.10 Å². The Kier molecular flexibility index (Phi) is 3.59. The normalized spacial score (nSPS) is 12.9. The van der Waals surface area contributed by atoms with Crippen molar-refractivity contribution in [3.05, 3.63) is 39.4 Å². The Labute approximate surface area is 107 Å². The highest BCUT2D eigenvalue weighted by molar-refractivity contribution is 9.10. The molecule has 0 fully saturated rings. The second kappa shape index (κ2) is 4.98. The summed E-state index contributed by atoms with van der Waals surface area (Å²) in [6.07, 6.45) is 1.59. The van der Waals surface area contributed by atoms with Gasteiger partial charge in [0.15, 0.2) is 0 Å². The molecule has 0 aliphatic carbocycles. The molecule has 1 aromatic carbocycles. The Morgan fingerprint density at radius 2 is 2.29 bits per heavy atom. The minimum atomic E-state index is -0.512. The van der Waals surface area contributed by atoms with Crippen molar-refractivity contribution in [2.24, 2.45) is 0 Å². The van der Waals surface area contributed by atoms with E-state index >= 15 is 0 Å². The van der Waals surface area contributed by atoms with Gasteiger partial charge >= 0.3 is 0 Å². The Morgan fingerprint density at radius 1 is 1.53 bits per heavy atom. The number of nitrogens with zero attached hydrogens (tertiary/aromatic N) is 2. The molecule has 2 rings (SSSR count). The van der Waals surface area contributed by atoms with Crippen LogP contribution in [0.25, 0.3) is 10.9 Å². The lowest BCUT2D eigenvalue weighted by molar-refractivity contribution is 0.148. The molecular weight excluding hydrogens is 284 g/mol. The summed E-state index contributed by atoms with van der Waals surface area (Å²) >= 11 is 3.34. The lowest BCUT2D eigenvalue weighted by atomic mass is 10.2. The van der Waals surface area contributed by atoms with Crippen molar-refractivity contribution in [2.45, 2.75) is 26.0 Å². The summed E-state index contributed by atoms with van der Waals surface area (Å²) in [4.78, 5) is 16.3. The van der Waals surface area contributed by atoms with Crippen LogP contribution in [0.3, 0.4) is 0 Å². The van der Waals surface area contributed by atoms with Crippen molar-refractivity contribution in [1.29, 1.82) is 0 Å². The highest BCUT2D eigenvalue weighted by atomic mass is 79.9. The summed E-state index contributed by atoms with van der Waals surface area (Å²) < 4.78 is 2.34. The van der Waals surface area contributed by atoms with Gasteiger partial charge in [0.1, 0.15) is 0 Å². The number of aromatic nitrogens is 2. The SMILES string of the molecule is CC[C@@H](O)Cn1cnc2cc(Br)ccc2c1=O. The van der Waals surface area contributed by atoms with Gasteiger partial charge in [0.05, 0.1) is 29.9 Å². The van der Waals surface area contributed by atoms with E-state index in [1.54, 1.807) is 12.1 Å². The van der Waals surface area contributed by atoms with Crippen molar-refractivity contribution in [1.82, 2.24) is 9.55 Å². The molecule has 17 heavy (non-hydrogen) atoms. The summed E-state index contributed by atoms with van der Waals surface area (Å²) in [6, 6.07) is 5.35. The largest absolute Gasteiger partial charge is 0.391 e. The Hall–Kier alpha value is -1.20. The summed E-state index contributed by atoms with van der Waals surface area (Å²) in [5.41, 5.74) is 0.543. The maximum atomic E-state index is 12.1. The first-order valence-corrected chi connectivity index (χ1v) is 6.24. The van der Waals surface area contributed by atoms with Gasteiger partial charge in [0, 0.05) is 4.47 Å². The fourth-order valence-corrected chi connectivity index (χ4v) is 1.97. The molecule has 2 aromatic rings. The number of aliphatic hydroxyl groups excluding tert-OH is 1. The summed E-state index contributed by atoms with van der Waals surface area (Å²) in [5.74, 6) is 0. The quantitative estimate of drug-likeness (QED) is 0.942.